The number of pyridine rings is 1. The van der Waals surface area contributed by atoms with Crippen molar-refractivity contribution < 1.29 is 9.15 Å². The van der Waals surface area contributed by atoms with Crippen molar-refractivity contribution in [3.63, 3.8) is 0 Å². The first kappa shape index (κ1) is 18.0. The van der Waals surface area contributed by atoms with Gasteiger partial charge in [-0.3, -0.25) is 4.98 Å². The number of fused-ring (bicyclic) bond motifs is 1. The smallest absolute Gasteiger partial charge is 0.226 e. The zero-order valence-corrected chi connectivity index (χ0v) is 16.3. The molecule has 28 heavy (non-hydrogen) atoms. The lowest BCUT2D eigenvalue weighted by Crippen LogP contribution is -2.20. The van der Waals surface area contributed by atoms with E-state index in [4.69, 9.17) is 14.1 Å². The normalized spacial score (nSPS) is 11.0. The highest BCUT2D eigenvalue weighted by atomic mass is 16.5. The van der Waals surface area contributed by atoms with Crippen LogP contribution in [0, 0.1) is 6.92 Å². The van der Waals surface area contributed by atoms with E-state index in [-0.39, 0.29) is 0 Å². The highest BCUT2D eigenvalue weighted by Crippen LogP contribution is 2.25. The minimum Gasteiger partial charge on any atom is -0.495 e. The fraction of sp³-hybridized carbons (Fsp3) is 0.217. The summed E-state index contributed by atoms with van der Waals surface area (Å²) in [5.74, 6) is 2.32. The van der Waals surface area contributed by atoms with Crippen molar-refractivity contribution in [3.05, 3.63) is 72.2 Å². The molecule has 142 valence electrons. The van der Waals surface area contributed by atoms with Gasteiger partial charge in [-0.2, -0.15) is 0 Å². The Morgan fingerprint density at radius 2 is 1.89 bits per heavy atom. The van der Waals surface area contributed by atoms with Gasteiger partial charge in [0, 0.05) is 36.7 Å². The highest BCUT2D eigenvalue weighted by Gasteiger charge is 2.12. The van der Waals surface area contributed by atoms with Gasteiger partial charge in [-0.05, 0) is 43.3 Å². The van der Waals surface area contributed by atoms with E-state index in [9.17, 15) is 0 Å². The molecule has 0 amide bonds. The summed E-state index contributed by atoms with van der Waals surface area (Å²) in [7, 11) is 3.74. The number of benzene rings is 2. The van der Waals surface area contributed by atoms with E-state index in [1.54, 1.807) is 13.3 Å². The van der Waals surface area contributed by atoms with Gasteiger partial charge in [0.15, 0.2) is 0 Å². The van der Waals surface area contributed by atoms with Gasteiger partial charge in [0.2, 0.25) is 5.89 Å². The second-order valence-corrected chi connectivity index (χ2v) is 6.81. The molecule has 2 aromatic heterocycles. The zero-order chi connectivity index (χ0) is 19.5. The summed E-state index contributed by atoms with van der Waals surface area (Å²) in [6.07, 6.45) is 2.55. The minimum atomic E-state index is 0.680. The number of hydrogen-bond donors (Lipinski definition) is 0. The summed E-state index contributed by atoms with van der Waals surface area (Å²) in [5, 5.41) is 1.06. The first-order chi connectivity index (χ1) is 13.6. The second-order valence-electron chi connectivity index (χ2n) is 6.81. The fourth-order valence-corrected chi connectivity index (χ4v) is 3.21. The Balaban J connectivity index is 1.49. The quantitative estimate of drug-likeness (QED) is 0.482. The summed E-state index contributed by atoms with van der Waals surface area (Å²) in [4.78, 5) is 11.3. The topological polar surface area (TPSA) is 51.4 Å². The van der Waals surface area contributed by atoms with E-state index in [2.05, 4.69) is 29.1 Å². The van der Waals surface area contributed by atoms with Crippen molar-refractivity contribution in [2.24, 2.45) is 0 Å². The molecule has 0 saturated heterocycles. The molecule has 0 spiro atoms. The first-order valence-corrected chi connectivity index (χ1v) is 9.30. The predicted octanol–water partition coefficient (Wildman–Crippen LogP) is 4.89. The third-order valence-corrected chi connectivity index (χ3v) is 4.91. The van der Waals surface area contributed by atoms with Crippen LogP contribution in [0.25, 0.3) is 22.4 Å². The number of rotatable bonds is 6. The van der Waals surface area contributed by atoms with E-state index in [1.807, 2.05) is 49.4 Å². The van der Waals surface area contributed by atoms with E-state index in [0.29, 0.717) is 5.89 Å². The molecule has 0 atom stereocenters. The maximum atomic E-state index is 5.87. The number of aromatic nitrogens is 2. The molecule has 0 N–H and O–H groups in total. The van der Waals surface area contributed by atoms with Crippen LogP contribution in [0.5, 0.6) is 5.75 Å². The summed E-state index contributed by atoms with van der Waals surface area (Å²) in [5.41, 5.74) is 4.08. The Bertz CT molecular complexity index is 1090. The van der Waals surface area contributed by atoms with Gasteiger partial charge in [0.1, 0.15) is 11.5 Å². The molecule has 4 rings (SSSR count). The van der Waals surface area contributed by atoms with Crippen LogP contribution in [-0.4, -0.2) is 30.7 Å². The lowest BCUT2D eigenvalue weighted by molar-refractivity contribution is 0.414. The number of nitrogens with zero attached hydrogens (tertiary/aromatic N) is 3. The van der Waals surface area contributed by atoms with Gasteiger partial charge in [-0.25, -0.2) is 4.98 Å². The molecule has 0 fully saturated rings. The minimum absolute atomic E-state index is 0.680. The Morgan fingerprint density at radius 3 is 2.68 bits per heavy atom. The van der Waals surface area contributed by atoms with Crippen LogP contribution >= 0.6 is 0 Å². The average Bonchev–Trinajstić information content (AvgIpc) is 3.12. The monoisotopic (exact) mass is 373 g/mol. The molecule has 0 saturated carbocycles. The third-order valence-electron chi connectivity index (χ3n) is 4.91. The van der Waals surface area contributed by atoms with Crippen LogP contribution in [-0.2, 0) is 6.42 Å². The summed E-state index contributed by atoms with van der Waals surface area (Å²) in [6, 6.07) is 18.3. The lowest BCUT2D eigenvalue weighted by Gasteiger charge is -2.19. The van der Waals surface area contributed by atoms with Crippen molar-refractivity contribution in [1.82, 2.24) is 9.97 Å². The van der Waals surface area contributed by atoms with Gasteiger partial charge in [-0.1, -0.05) is 18.2 Å². The molecule has 0 unspecified atom stereocenters. The molecule has 2 heterocycles. The second kappa shape index (κ2) is 7.72. The maximum absolute atomic E-state index is 5.87. The van der Waals surface area contributed by atoms with Gasteiger partial charge in [0.25, 0.3) is 0 Å². The molecule has 0 aliphatic rings. The van der Waals surface area contributed by atoms with Crippen molar-refractivity contribution in [3.8, 4) is 17.2 Å². The summed E-state index contributed by atoms with van der Waals surface area (Å²) >= 11 is 0. The van der Waals surface area contributed by atoms with Crippen LogP contribution in [0.2, 0.25) is 0 Å². The SMILES string of the molecule is COc1cnc2ccc(N(C)CCc3nc(-c4ccccc4)oc3C)cc2c1. The largest absolute Gasteiger partial charge is 0.495 e. The Labute approximate surface area is 164 Å². The average molecular weight is 373 g/mol. The highest BCUT2D eigenvalue weighted by molar-refractivity contribution is 5.83. The van der Waals surface area contributed by atoms with Gasteiger partial charge in [0.05, 0.1) is 24.5 Å². The van der Waals surface area contributed by atoms with E-state index in [0.717, 1.165) is 52.3 Å². The van der Waals surface area contributed by atoms with Crippen LogP contribution in [0.1, 0.15) is 11.5 Å². The Kier molecular flexibility index (Phi) is 4.98. The number of hydrogen-bond acceptors (Lipinski definition) is 5. The predicted molar refractivity (Wildman–Crippen MR) is 112 cm³/mol. The van der Waals surface area contributed by atoms with Crippen LogP contribution in [0.4, 0.5) is 5.69 Å². The standard InChI is InChI=1S/C23H23N3O2/c1-16-21(25-23(28-16)17-7-5-4-6-8-17)11-12-26(2)19-9-10-22-18(13-19)14-20(27-3)15-24-22/h4-10,13-15H,11-12H2,1-3H3. The Hall–Kier alpha value is -3.34. The van der Waals surface area contributed by atoms with Gasteiger partial charge >= 0.3 is 0 Å². The number of likely N-dealkylation sites (N-methyl/N-ethyl adjacent to an activating group) is 1. The fourth-order valence-electron chi connectivity index (χ4n) is 3.21. The van der Waals surface area contributed by atoms with E-state index < -0.39 is 0 Å². The van der Waals surface area contributed by atoms with Gasteiger partial charge < -0.3 is 14.1 Å². The van der Waals surface area contributed by atoms with Crippen LogP contribution < -0.4 is 9.64 Å². The number of ether oxygens (including phenoxy) is 1. The molecule has 0 bridgehead atoms. The zero-order valence-electron chi connectivity index (χ0n) is 16.3. The number of oxazole rings is 1. The lowest BCUT2D eigenvalue weighted by atomic mass is 10.1. The van der Waals surface area contributed by atoms with Crippen LogP contribution in [0.3, 0.4) is 0 Å². The van der Waals surface area contributed by atoms with Crippen molar-refractivity contribution >= 4 is 16.6 Å². The summed E-state index contributed by atoms with van der Waals surface area (Å²) in [6.45, 7) is 2.81. The molecule has 5 nitrogen and oxygen atoms in total. The summed E-state index contributed by atoms with van der Waals surface area (Å²) < 4.78 is 11.2. The number of methoxy groups -OCH3 is 1. The molecular formula is C23H23N3O2. The number of anilines is 1. The van der Waals surface area contributed by atoms with E-state index in [1.165, 1.54) is 0 Å². The molecule has 0 radical (unpaired) electrons. The molecule has 5 heteroatoms. The first-order valence-electron chi connectivity index (χ1n) is 9.30. The third kappa shape index (κ3) is 3.69. The molecule has 0 aliphatic heterocycles. The molecular weight excluding hydrogens is 350 g/mol. The van der Waals surface area contributed by atoms with Gasteiger partial charge in [-0.15, -0.1) is 0 Å². The Morgan fingerprint density at radius 1 is 1.07 bits per heavy atom. The van der Waals surface area contributed by atoms with Crippen molar-refractivity contribution in [2.75, 3.05) is 25.6 Å². The van der Waals surface area contributed by atoms with Crippen molar-refractivity contribution in [1.29, 1.82) is 0 Å². The molecule has 0 aliphatic carbocycles. The van der Waals surface area contributed by atoms with E-state index >= 15 is 0 Å². The van der Waals surface area contributed by atoms with Crippen LogP contribution in [0.15, 0.2) is 65.2 Å². The molecule has 2 aromatic carbocycles. The number of aryl methyl sites for hydroxylation is 1. The maximum Gasteiger partial charge on any atom is 0.226 e. The van der Waals surface area contributed by atoms with Crippen molar-refractivity contribution in [2.45, 2.75) is 13.3 Å². The molecule has 4 aromatic rings.